The van der Waals surface area contributed by atoms with E-state index in [4.69, 9.17) is 23.9 Å². The number of hydrogen-bond donors (Lipinski definition) is 6. The number of carboxylic acid groups (broad SMARTS) is 1. The summed E-state index contributed by atoms with van der Waals surface area (Å²) in [5.41, 5.74) is 0.267. The highest BCUT2D eigenvalue weighted by atomic mass is 32.3. The van der Waals surface area contributed by atoms with Crippen LogP contribution in [0.5, 0.6) is 23.0 Å². The zero-order chi connectivity index (χ0) is 26.4. The van der Waals surface area contributed by atoms with Gasteiger partial charge in [-0.25, -0.2) is 4.79 Å². The molecular formula is C21H20O14S. The van der Waals surface area contributed by atoms with Gasteiger partial charge in [0.25, 0.3) is 0 Å². The van der Waals surface area contributed by atoms with Gasteiger partial charge in [0.05, 0.1) is 6.42 Å². The molecule has 0 radical (unpaired) electrons. The fourth-order valence-corrected chi connectivity index (χ4v) is 4.17. The van der Waals surface area contributed by atoms with E-state index in [-0.39, 0.29) is 29.2 Å². The van der Waals surface area contributed by atoms with Crippen LogP contribution in [-0.2, 0) is 19.9 Å². The lowest BCUT2D eigenvalue weighted by molar-refractivity contribution is -0.271. The summed E-state index contributed by atoms with van der Waals surface area (Å²) < 4.78 is 51.0. The first-order chi connectivity index (χ1) is 16.8. The van der Waals surface area contributed by atoms with Crippen LogP contribution in [0.4, 0.5) is 0 Å². The molecule has 14 nitrogen and oxygen atoms in total. The molecule has 2 aliphatic heterocycles. The average molecular weight is 528 g/mol. The normalized spacial score (nSPS) is 28.1. The van der Waals surface area contributed by atoms with Crippen molar-refractivity contribution in [3.8, 4) is 23.0 Å². The van der Waals surface area contributed by atoms with Crippen LogP contribution in [0.15, 0.2) is 36.4 Å². The van der Waals surface area contributed by atoms with E-state index in [0.29, 0.717) is 5.56 Å². The molecule has 0 spiro atoms. The molecule has 36 heavy (non-hydrogen) atoms. The van der Waals surface area contributed by atoms with Gasteiger partial charge in [0.2, 0.25) is 6.29 Å². The fourth-order valence-electron chi connectivity index (χ4n) is 3.81. The van der Waals surface area contributed by atoms with Crippen molar-refractivity contribution in [2.45, 2.75) is 43.2 Å². The van der Waals surface area contributed by atoms with Gasteiger partial charge in [0.15, 0.2) is 11.9 Å². The van der Waals surface area contributed by atoms with E-state index in [1.165, 1.54) is 30.3 Å². The largest absolute Gasteiger partial charge is 0.507 e. The number of rotatable bonds is 6. The molecule has 2 aromatic rings. The smallest absolute Gasteiger partial charge is 0.446 e. The highest BCUT2D eigenvalue weighted by Crippen LogP contribution is 2.42. The number of carbonyl (C=O) groups is 2. The number of aromatic hydroxyl groups is 1. The molecule has 15 heteroatoms. The van der Waals surface area contributed by atoms with Crippen molar-refractivity contribution < 1.29 is 66.5 Å². The lowest BCUT2D eigenvalue weighted by Crippen LogP contribution is -2.61. The summed E-state index contributed by atoms with van der Waals surface area (Å²) in [5, 5.41) is 49.4. The maximum Gasteiger partial charge on any atom is 0.446 e. The highest BCUT2D eigenvalue weighted by molar-refractivity contribution is 7.81. The number of carbonyl (C=O) groups excluding carboxylic acids is 1. The van der Waals surface area contributed by atoms with E-state index in [0.717, 1.165) is 6.07 Å². The SMILES string of the molecule is O=C1CC(c2ccc(OS(=O)(=O)O)cc2)Oc2cc(O[C@@H]3O[C@H](C(=O)O)[C@@H](O)[C@H](O)[C@H]3O)cc(O)c21. The first-order valence-corrected chi connectivity index (χ1v) is 11.6. The minimum absolute atomic E-state index is 0.120. The Morgan fingerprint density at radius 1 is 1.00 bits per heavy atom. The van der Waals surface area contributed by atoms with Crippen LogP contribution < -0.4 is 13.7 Å². The van der Waals surface area contributed by atoms with Gasteiger partial charge >= 0.3 is 16.4 Å². The summed E-state index contributed by atoms with van der Waals surface area (Å²) in [7, 11) is -4.72. The molecule has 1 saturated heterocycles. The van der Waals surface area contributed by atoms with Crippen LogP contribution in [0, 0.1) is 0 Å². The lowest BCUT2D eigenvalue weighted by atomic mass is 9.95. The molecule has 6 atom stereocenters. The summed E-state index contributed by atoms with van der Waals surface area (Å²) in [4.78, 5) is 24.0. The van der Waals surface area contributed by atoms with Crippen LogP contribution in [0.3, 0.4) is 0 Å². The summed E-state index contributed by atoms with van der Waals surface area (Å²) in [5.74, 6) is -3.17. The average Bonchev–Trinajstić information content (AvgIpc) is 2.78. The molecule has 2 heterocycles. The van der Waals surface area contributed by atoms with Crippen molar-refractivity contribution in [1.29, 1.82) is 0 Å². The summed E-state index contributed by atoms with van der Waals surface area (Å²) in [6.07, 6.45) is -10.4. The number of ketones is 1. The Hall–Kier alpha value is -3.47. The number of phenolic OH excluding ortho intramolecular Hbond substituents is 1. The molecule has 0 aromatic heterocycles. The van der Waals surface area contributed by atoms with Crippen LogP contribution in [0.2, 0.25) is 0 Å². The predicted octanol–water partition coefficient (Wildman–Crippen LogP) is -0.449. The Morgan fingerprint density at radius 3 is 2.28 bits per heavy atom. The first kappa shape index (κ1) is 25.6. The van der Waals surface area contributed by atoms with Gasteiger partial charge in [0.1, 0.15) is 53.0 Å². The van der Waals surface area contributed by atoms with Crippen molar-refractivity contribution in [3.63, 3.8) is 0 Å². The summed E-state index contributed by atoms with van der Waals surface area (Å²) in [6.45, 7) is 0. The molecule has 6 N–H and O–H groups in total. The number of aliphatic hydroxyl groups is 3. The van der Waals surface area contributed by atoms with E-state index < -0.39 is 64.7 Å². The molecule has 0 bridgehead atoms. The minimum Gasteiger partial charge on any atom is -0.507 e. The van der Waals surface area contributed by atoms with Gasteiger partial charge in [-0.1, -0.05) is 12.1 Å². The zero-order valence-corrected chi connectivity index (χ0v) is 18.8. The third-order valence-corrected chi connectivity index (χ3v) is 5.90. The third kappa shape index (κ3) is 5.20. The third-order valence-electron chi connectivity index (χ3n) is 5.49. The number of fused-ring (bicyclic) bond motifs is 1. The Bertz CT molecular complexity index is 1270. The number of phenols is 1. The monoisotopic (exact) mass is 528 g/mol. The molecule has 1 unspecified atom stereocenters. The molecule has 0 aliphatic carbocycles. The molecule has 194 valence electrons. The summed E-state index contributed by atoms with van der Waals surface area (Å²) in [6, 6.07) is 7.43. The second kappa shape index (κ2) is 9.53. The van der Waals surface area contributed by atoms with Crippen molar-refractivity contribution in [3.05, 3.63) is 47.5 Å². The minimum atomic E-state index is -4.72. The molecular weight excluding hydrogens is 508 g/mol. The van der Waals surface area contributed by atoms with Gasteiger partial charge in [-0.3, -0.25) is 9.35 Å². The molecule has 2 aliphatic rings. The maximum atomic E-state index is 12.7. The molecule has 1 fully saturated rings. The topological polar surface area (TPSA) is 227 Å². The highest BCUT2D eigenvalue weighted by Gasteiger charge is 2.48. The van der Waals surface area contributed by atoms with Gasteiger partial charge in [0, 0.05) is 12.1 Å². The Labute approximate surface area is 202 Å². The van der Waals surface area contributed by atoms with E-state index >= 15 is 0 Å². The zero-order valence-electron chi connectivity index (χ0n) is 18.0. The maximum absolute atomic E-state index is 12.7. The molecule has 0 amide bonds. The molecule has 0 saturated carbocycles. The number of ether oxygens (including phenoxy) is 3. The number of Topliss-reactive ketones (excluding diaryl/α,β-unsaturated/α-hetero) is 1. The summed E-state index contributed by atoms with van der Waals surface area (Å²) >= 11 is 0. The van der Waals surface area contributed by atoms with Gasteiger partial charge in [-0.2, -0.15) is 8.42 Å². The van der Waals surface area contributed by atoms with Gasteiger partial charge in [-0.15, -0.1) is 0 Å². The number of benzene rings is 2. The van der Waals surface area contributed by atoms with Crippen LogP contribution >= 0.6 is 0 Å². The predicted molar refractivity (Wildman–Crippen MR) is 114 cm³/mol. The van der Waals surface area contributed by atoms with Crippen molar-refractivity contribution in [2.24, 2.45) is 0 Å². The lowest BCUT2D eigenvalue weighted by Gasteiger charge is -2.38. The number of carboxylic acids is 1. The van der Waals surface area contributed by atoms with Crippen molar-refractivity contribution >= 4 is 22.2 Å². The van der Waals surface area contributed by atoms with Crippen LogP contribution in [0.25, 0.3) is 0 Å². The Balaban J connectivity index is 1.57. The fraction of sp³-hybridized carbons (Fsp3) is 0.333. The van der Waals surface area contributed by atoms with Crippen molar-refractivity contribution in [2.75, 3.05) is 0 Å². The van der Waals surface area contributed by atoms with E-state index in [9.17, 15) is 38.4 Å². The standard InChI is InChI=1S/C21H20O14S/c22-11-5-10(32-21-18(26)16(24)17(25)19(34-21)20(27)28)6-14-15(11)12(23)7-13(33-14)8-1-3-9(4-2-8)35-36(29,30)31/h1-6,13,16-19,21-22,24-26H,7H2,(H,27,28)(H,29,30,31)/t13?,16-,17-,18+,19-,21+/m0/s1. The van der Waals surface area contributed by atoms with Crippen LogP contribution in [0.1, 0.15) is 28.4 Å². The Morgan fingerprint density at radius 2 is 1.67 bits per heavy atom. The van der Waals surface area contributed by atoms with E-state index in [1.807, 2.05) is 0 Å². The number of aliphatic carboxylic acids is 1. The molecule has 2 aromatic carbocycles. The Kier molecular flexibility index (Phi) is 6.78. The molecule has 4 rings (SSSR count). The first-order valence-electron chi connectivity index (χ1n) is 10.3. The second-order valence-electron chi connectivity index (χ2n) is 7.98. The van der Waals surface area contributed by atoms with Gasteiger partial charge in [-0.05, 0) is 17.7 Å². The quantitative estimate of drug-likeness (QED) is 0.261. The van der Waals surface area contributed by atoms with E-state index in [1.54, 1.807) is 0 Å². The van der Waals surface area contributed by atoms with Gasteiger partial charge < -0.3 is 43.9 Å². The van der Waals surface area contributed by atoms with Crippen molar-refractivity contribution in [1.82, 2.24) is 0 Å². The number of aliphatic hydroxyl groups excluding tert-OH is 3. The van der Waals surface area contributed by atoms with Crippen LogP contribution in [-0.4, -0.2) is 81.0 Å². The second-order valence-corrected chi connectivity index (χ2v) is 9.00. The van der Waals surface area contributed by atoms with E-state index in [2.05, 4.69) is 4.18 Å². The number of hydrogen-bond acceptors (Lipinski definition) is 12.